The lowest BCUT2D eigenvalue weighted by Gasteiger charge is -2.05. The molecule has 1 rings (SSSR count). The van der Waals surface area contributed by atoms with E-state index in [1.807, 2.05) is 6.92 Å². The van der Waals surface area contributed by atoms with E-state index >= 15 is 0 Å². The van der Waals surface area contributed by atoms with Crippen LogP contribution in [0.1, 0.15) is 27.9 Å². The molecule has 0 aromatic carbocycles. The van der Waals surface area contributed by atoms with Crippen LogP contribution in [0.15, 0.2) is 6.07 Å². The number of nitrogens with two attached hydrogens (primary N) is 1. The van der Waals surface area contributed by atoms with Crippen LogP contribution >= 0.6 is 11.3 Å². The van der Waals surface area contributed by atoms with E-state index in [0.717, 1.165) is 11.3 Å². The molecule has 1 amide bonds. The molecule has 1 aromatic rings. The molecule has 0 radical (unpaired) electrons. The van der Waals surface area contributed by atoms with Gasteiger partial charge in [0.1, 0.15) is 0 Å². The van der Waals surface area contributed by atoms with Crippen molar-refractivity contribution in [2.24, 2.45) is 5.73 Å². The molecular formula is C10H15N3O3S. The predicted octanol–water partition coefficient (Wildman–Crippen LogP) is 1.43. The molecule has 1 atom stereocenters. The van der Waals surface area contributed by atoms with Gasteiger partial charge in [0.15, 0.2) is 0 Å². The third-order valence-corrected chi connectivity index (χ3v) is 3.24. The molecule has 94 valence electrons. The van der Waals surface area contributed by atoms with Gasteiger partial charge in [-0.2, -0.15) is 0 Å². The lowest BCUT2D eigenvalue weighted by atomic mass is 10.2. The summed E-state index contributed by atoms with van der Waals surface area (Å²) in [7, 11) is 0. The summed E-state index contributed by atoms with van der Waals surface area (Å²) < 4.78 is 0. The lowest BCUT2D eigenvalue weighted by Crippen LogP contribution is -2.28. The van der Waals surface area contributed by atoms with Gasteiger partial charge in [0, 0.05) is 18.7 Å². The molecule has 0 aliphatic carbocycles. The number of thiophene rings is 1. The fourth-order valence-electron chi connectivity index (χ4n) is 1.27. The quantitative estimate of drug-likeness (QED) is 0.615. The Morgan fingerprint density at radius 2 is 2.35 bits per heavy atom. The minimum absolute atomic E-state index is 0.00709. The zero-order valence-electron chi connectivity index (χ0n) is 9.73. The number of nitrogens with zero attached hydrogens (tertiary/aromatic N) is 1. The van der Waals surface area contributed by atoms with Crippen molar-refractivity contribution in [3.63, 3.8) is 0 Å². The molecule has 7 heteroatoms. The molecule has 0 saturated heterocycles. The second-order valence-corrected chi connectivity index (χ2v) is 5.09. The molecule has 0 aliphatic heterocycles. The largest absolute Gasteiger partial charge is 0.351 e. The van der Waals surface area contributed by atoms with Crippen molar-refractivity contribution in [2.75, 3.05) is 6.54 Å². The van der Waals surface area contributed by atoms with Gasteiger partial charge in [-0.15, -0.1) is 11.3 Å². The van der Waals surface area contributed by atoms with Crippen molar-refractivity contribution in [3.8, 4) is 0 Å². The Morgan fingerprint density at radius 3 is 2.82 bits per heavy atom. The van der Waals surface area contributed by atoms with Crippen molar-refractivity contribution >= 4 is 22.9 Å². The van der Waals surface area contributed by atoms with E-state index in [1.54, 1.807) is 6.92 Å². The molecule has 6 nitrogen and oxygen atoms in total. The Balaban J connectivity index is 2.64. The van der Waals surface area contributed by atoms with E-state index in [4.69, 9.17) is 5.73 Å². The van der Waals surface area contributed by atoms with Gasteiger partial charge in [0.05, 0.1) is 14.7 Å². The SMILES string of the molecule is Cc1sc(C(=O)NCCC(C)N)cc1[N+](=O)[O-]. The zero-order chi connectivity index (χ0) is 13.0. The maximum atomic E-state index is 11.7. The first kappa shape index (κ1) is 13.6. The summed E-state index contributed by atoms with van der Waals surface area (Å²) in [4.78, 5) is 22.7. The van der Waals surface area contributed by atoms with E-state index in [1.165, 1.54) is 6.07 Å². The van der Waals surface area contributed by atoms with Crippen molar-refractivity contribution in [1.82, 2.24) is 5.32 Å². The second kappa shape index (κ2) is 5.74. The van der Waals surface area contributed by atoms with E-state index in [0.29, 0.717) is 22.7 Å². The number of rotatable bonds is 5. The van der Waals surface area contributed by atoms with Crippen LogP contribution in [0, 0.1) is 17.0 Å². The highest BCUT2D eigenvalue weighted by atomic mass is 32.1. The molecule has 1 heterocycles. The Labute approximate surface area is 103 Å². The lowest BCUT2D eigenvalue weighted by molar-refractivity contribution is -0.385. The summed E-state index contributed by atoms with van der Waals surface area (Å²) in [5, 5.41) is 13.3. The molecule has 1 unspecified atom stereocenters. The van der Waals surface area contributed by atoms with Crippen LogP contribution in [0.4, 0.5) is 5.69 Å². The second-order valence-electron chi connectivity index (χ2n) is 3.83. The molecular weight excluding hydrogens is 242 g/mol. The van der Waals surface area contributed by atoms with Gasteiger partial charge in [-0.1, -0.05) is 0 Å². The molecule has 1 aromatic heterocycles. The number of nitro groups is 1. The van der Waals surface area contributed by atoms with Gasteiger partial charge in [0.25, 0.3) is 11.6 Å². The van der Waals surface area contributed by atoms with Gasteiger partial charge in [-0.05, 0) is 20.3 Å². The van der Waals surface area contributed by atoms with E-state index in [2.05, 4.69) is 5.32 Å². The number of carbonyl (C=O) groups is 1. The van der Waals surface area contributed by atoms with Crippen molar-refractivity contribution in [3.05, 3.63) is 25.9 Å². The summed E-state index contributed by atoms with van der Waals surface area (Å²) in [6.45, 7) is 3.95. The summed E-state index contributed by atoms with van der Waals surface area (Å²) in [6, 6.07) is 1.33. The smallest absolute Gasteiger partial charge is 0.283 e. The number of carbonyl (C=O) groups excluding carboxylic acids is 1. The molecule has 0 bridgehead atoms. The highest BCUT2D eigenvalue weighted by Gasteiger charge is 2.19. The average Bonchev–Trinajstić information content (AvgIpc) is 2.59. The standard InChI is InChI=1S/C10H15N3O3S/c1-6(11)3-4-12-10(14)9-5-8(13(15)16)7(2)17-9/h5-6H,3-4,11H2,1-2H3,(H,12,14). The van der Waals surface area contributed by atoms with Crippen LogP contribution in [0.5, 0.6) is 0 Å². The van der Waals surface area contributed by atoms with Crippen molar-refractivity contribution in [1.29, 1.82) is 0 Å². The monoisotopic (exact) mass is 257 g/mol. The predicted molar refractivity (Wildman–Crippen MR) is 66.3 cm³/mol. The summed E-state index contributed by atoms with van der Waals surface area (Å²) in [6.07, 6.45) is 0.679. The third-order valence-electron chi connectivity index (χ3n) is 2.20. The Morgan fingerprint density at radius 1 is 1.71 bits per heavy atom. The van der Waals surface area contributed by atoms with E-state index < -0.39 is 4.92 Å². The molecule has 0 spiro atoms. The summed E-state index contributed by atoms with van der Waals surface area (Å²) in [5.41, 5.74) is 5.54. The van der Waals surface area contributed by atoms with Crippen LogP contribution in [-0.2, 0) is 0 Å². The van der Waals surface area contributed by atoms with Crippen LogP contribution in [0.3, 0.4) is 0 Å². The maximum Gasteiger partial charge on any atom is 0.283 e. The van der Waals surface area contributed by atoms with E-state index in [-0.39, 0.29) is 17.6 Å². The fourth-order valence-corrected chi connectivity index (χ4v) is 2.17. The minimum Gasteiger partial charge on any atom is -0.351 e. The fraction of sp³-hybridized carbons (Fsp3) is 0.500. The molecule has 0 fully saturated rings. The van der Waals surface area contributed by atoms with Gasteiger partial charge >= 0.3 is 0 Å². The molecule has 3 N–H and O–H groups in total. The normalized spacial score (nSPS) is 12.2. The number of nitrogens with one attached hydrogen (secondary N) is 1. The van der Waals surface area contributed by atoms with Crippen molar-refractivity contribution < 1.29 is 9.72 Å². The number of hydrogen-bond donors (Lipinski definition) is 2. The third kappa shape index (κ3) is 3.79. The average molecular weight is 257 g/mol. The van der Waals surface area contributed by atoms with Crippen molar-refractivity contribution in [2.45, 2.75) is 26.3 Å². The molecule has 0 aliphatic rings. The number of hydrogen-bond acceptors (Lipinski definition) is 5. The minimum atomic E-state index is -0.482. The first-order valence-electron chi connectivity index (χ1n) is 5.20. The van der Waals surface area contributed by atoms with E-state index in [9.17, 15) is 14.9 Å². The highest BCUT2D eigenvalue weighted by molar-refractivity contribution is 7.14. The van der Waals surface area contributed by atoms with Crippen LogP contribution in [-0.4, -0.2) is 23.4 Å². The molecule has 17 heavy (non-hydrogen) atoms. The van der Waals surface area contributed by atoms with Crippen LogP contribution in [0.25, 0.3) is 0 Å². The number of aryl methyl sites for hydroxylation is 1. The molecule has 0 saturated carbocycles. The van der Waals surface area contributed by atoms with Crippen LogP contribution < -0.4 is 11.1 Å². The zero-order valence-corrected chi connectivity index (χ0v) is 10.5. The number of amides is 1. The summed E-state index contributed by atoms with van der Waals surface area (Å²) in [5.74, 6) is -0.285. The van der Waals surface area contributed by atoms with Gasteiger partial charge in [-0.3, -0.25) is 14.9 Å². The first-order chi connectivity index (χ1) is 7.91. The van der Waals surface area contributed by atoms with Crippen LogP contribution in [0.2, 0.25) is 0 Å². The highest BCUT2D eigenvalue weighted by Crippen LogP contribution is 2.27. The topological polar surface area (TPSA) is 98.3 Å². The van der Waals surface area contributed by atoms with Gasteiger partial charge in [-0.25, -0.2) is 0 Å². The summed E-state index contributed by atoms with van der Waals surface area (Å²) >= 11 is 1.12. The maximum absolute atomic E-state index is 11.7. The Hall–Kier alpha value is -1.47. The first-order valence-corrected chi connectivity index (χ1v) is 6.02. The van der Waals surface area contributed by atoms with Gasteiger partial charge < -0.3 is 11.1 Å². The Kier molecular flexibility index (Phi) is 4.59. The van der Waals surface area contributed by atoms with Gasteiger partial charge in [0.2, 0.25) is 0 Å². The Bertz CT molecular complexity index is 428.